The van der Waals surface area contributed by atoms with Gasteiger partial charge in [-0.2, -0.15) is 0 Å². The van der Waals surface area contributed by atoms with Crippen LogP contribution in [0.4, 0.5) is 0 Å². The van der Waals surface area contributed by atoms with Gasteiger partial charge in [0, 0.05) is 18.5 Å². The van der Waals surface area contributed by atoms with Crippen LogP contribution in [0.15, 0.2) is 5.38 Å². The van der Waals surface area contributed by atoms with Gasteiger partial charge in [-0.25, -0.2) is 4.98 Å². The maximum atomic E-state index is 5.84. The van der Waals surface area contributed by atoms with Gasteiger partial charge in [0.15, 0.2) is 0 Å². The van der Waals surface area contributed by atoms with E-state index in [4.69, 9.17) is 10.5 Å². The first kappa shape index (κ1) is 12.0. The van der Waals surface area contributed by atoms with Crippen LogP contribution in [0, 0.1) is 0 Å². The topological polar surface area (TPSA) is 48.1 Å². The normalized spacial score (nSPS) is 21.9. The van der Waals surface area contributed by atoms with Gasteiger partial charge < -0.3 is 10.5 Å². The predicted octanol–water partition coefficient (Wildman–Crippen LogP) is 2.97. The van der Waals surface area contributed by atoms with E-state index >= 15 is 0 Å². The predicted molar refractivity (Wildman–Crippen MR) is 66.5 cm³/mol. The second kappa shape index (κ2) is 4.82. The molecule has 1 aliphatic carbocycles. The third-order valence-corrected chi connectivity index (χ3v) is 4.48. The number of aromatic nitrogens is 1. The summed E-state index contributed by atoms with van der Waals surface area (Å²) < 4.78 is 5.76. The number of hydrogen-bond donors (Lipinski definition) is 1. The highest BCUT2D eigenvalue weighted by Gasteiger charge is 2.36. The smallest absolute Gasteiger partial charge is 0.125 e. The van der Waals surface area contributed by atoms with Gasteiger partial charge >= 0.3 is 0 Å². The maximum absolute atomic E-state index is 5.84. The largest absolute Gasteiger partial charge is 0.371 e. The molecule has 90 valence electrons. The first-order chi connectivity index (χ1) is 7.68. The molecule has 1 aromatic rings. The van der Waals surface area contributed by atoms with Crippen LogP contribution in [0.5, 0.6) is 0 Å². The molecule has 1 unspecified atom stereocenters. The highest BCUT2D eigenvalue weighted by atomic mass is 32.1. The van der Waals surface area contributed by atoms with Crippen LogP contribution >= 0.6 is 11.3 Å². The van der Waals surface area contributed by atoms with Crippen LogP contribution in [-0.2, 0) is 10.3 Å². The second-order valence-corrected chi connectivity index (χ2v) is 5.48. The van der Waals surface area contributed by atoms with Gasteiger partial charge in [-0.3, -0.25) is 0 Å². The van der Waals surface area contributed by atoms with Crippen molar-refractivity contribution < 1.29 is 4.74 Å². The van der Waals surface area contributed by atoms with E-state index in [1.807, 2.05) is 6.92 Å². The highest BCUT2D eigenvalue weighted by molar-refractivity contribution is 7.09. The molecule has 0 amide bonds. The van der Waals surface area contributed by atoms with Crippen molar-refractivity contribution in [2.45, 2.75) is 50.7 Å². The molecule has 1 aromatic heterocycles. The Hall–Kier alpha value is -0.450. The first-order valence-electron chi connectivity index (χ1n) is 5.94. The van der Waals surface area contributed by atoms with Crippen LogP contribution in [-0.4, -0.2) is 12.1 Å². The Labute approximate surface area is 101 Å². The zero-order valence-corrected chi connectivity index (χ0v) is 10.8. The Morgan fingerprint density at radius 3 is 2.62 bits per heavy atom. The number of thiazole rings is 1. The fourth-order valence-corrected chi connectivity index (χ4v) is 3.49. The van der Waals surface area contributed by atoms with Crippen LogP contribution in [0.3, 0.4) is 0 Å². The summed E-state index contributed by atoms with van der Waals surface area (Å²) in [6.45, 7) is 1.97. The molecule has 0 spiro atoms. The van der Waals surface area contributed by atoms with Gasteiger partial charge in [0.2, 0.25) is 0 Å². The fraction of sp³-hybridized carbons (Fsp3) is 0.750. The molecular weight excluding hydrogens is 220 g/mol. The molecule has 0 bridgehead atoms. The number of nitrogens with two attached hydrogens (primary N) is 1. The summed E-state index contributed by atoms with van der Waals surface area (Å²) in [6.07, 6.45) is 5.98. The average Bonchev–Trinajstić information content (AvgIpc) is 2.80. The zero-order chi connectivity index (χ0) is 11.6. The van der Waals surface area contributed by atoms with Crippen LogP contribution in [0.2, 0.25) is 0 Å². The Kier molecular flexibility index (Phi) is 3.62. The van der Waals surface area contributed by atoms with Gasteiger partial charge in [-0.15, -0.1) is 11.3 Å². The number of ether oxygens (including phenoxy) is 1. The van der Waals surface area contributed by atoms with Gasteiger partial charge in [0.1, 0.15) is 10.6 Å². The van der Waals surface area contributed by atoms with E-state index in [0.29, 0.717) is 0 Å². The van der Waals surface area contributed by atoms with Gasteiger partial charge in [0.25, 0.3) is 0 Å². The molecule has 0 aromatic carbocycles. The lowest BCUT2D eigenvalue weighted by Gasteiger charge is -2.34. The van der Waals surface area contributed by atoms with E-state index in [9.17, 15) is 0 Å². The Morgan fingerprint density at radius 2 is 2.12 bits per heavy atom. The minimum Gasteiger partial charge on any atom is -0.371 e. The van der Waals surface area contributed by atoms with Crippen molar-refractivity contribution in [3.05, 3.63) is 16.1 Å². The Bertz CT molecular complexity index is 343. The van der Waals surface area contributed by atoms with E-state index in [1.54, 1.807) is 18.4 Å². The molecule has 1 saturated carbocycles. The van der Waals surface area contributed by atoms with Crippen molar-refractivity contribution in [1.82, 2.24) is 4.98 Å². The van der Waals surface area contributed by atoms with Crippen molar-refractivity contribution in [2.24, 2.45) is 5.73 Å². The molecule has 2 N–H and O–H groups in total. The minimum atomic E-state index is -0.129. The maximum Gasteiger partial charge on any atom is 0.125 e. The molecule has 1 fully saturated rings. The molecule has 4 heteroatoms. The summed E-state index contributed by atoms with van der Waals surface area (Å²) in [5.41, 5.74) is 6.70. The van der Waals surface area contributed by atoms with E-state index in [0.717, 1.165) is 23.5 Å². The van der Waals surface area contributed by atoms with Gasteiger partial charge in [0.05, 0.1) is 5.69 Å². The average molecular weight is 240 g/mol. The summed E-state index contributed by atoms with van der Waals surface area (Å²) in [4.78, 5) is 4.64. The van der Waals surface area contributed by atoms with E-state index in [2.05, 4.69) is 10.4 Å². The van der Waals surface area contributed by atoms with Crippen molar-refractivity contribution in [3.8, 4) is 0 Å². The molecule has 16 heavy (non-hydrogen) atoms. The standard InChI is InChI=1S/C12H20N2OS/c1-9(13)10-8-16-11(14-10)12(15-2)6-4-3-5-7-12/h8-9H,3-7,13H2,1-2H3. The Morgan fingerprint density at radius 1 is 1.44 bits per heavy atom. The van der Waals surface area contributed by atoms with Crippen molar-refractivity contribution in [2.75, 3.05) is 7.11 Å². The van der Waals surface area contributed by atoms with E-state index in [-0.39, 0.29) is 11.6 Å². The summed E-state index contributed by atoms with van der Waals surface area (Å²) in [6, 6.07) is 0.0162. The van der Waals surface area contributed by atoms with Crippen LogP contribution in [0.25, 0.3) is 0 Å². The summed E-state index contributed by atoms with van der Waals surface area (Å²) >= 11 is 1.69. The second-order valence-electron chi connectivity index (χ2n) is 4.63. The molecule has 1 heterocycles. The van der Waals surface area contributed by atoms with Crippen molar-refractivity contribution in [1.29, 1.82) is 0 Å². The van der Waals surface area contributed by atoms with Gasteiger partial charge in [-0.1, -0.05) is 19.3 Å². The first-order valence-corrected chi connectivity index (χ1v) is 6.82. The van der Waals surface area contributed by atoms with E-state index in [1.165, 1.54) is 19.3 Å². The molecular formula is C12H20N2OS. The number of rotatable bonds is 3. The molecule has 0 aliphatic heterocycles. The molecule has 1 atom stereocenters. The van der Waals surface area contributed by atoms with Gasteiger partial charge in [-0.05, 0) is 19.8 Å². The molecule has 2 rings (SSSR count). The van der Waals surface area contributed by atoms with Crippen LogP contribution < -0.4 is 5.73 Å². The molecule has 0 saturated heterocycles. The zero-order valence-electron chi connectivity index (χ0n) is 10.0. The summed E-state index contributed by atoms with van der Waals surface area (Å²) in [5.74, 6) is 0. The quantitative estimate of drug-likeness (QED) is 0.883. The van der Waals surface area contributed by atoms with Crippen molar-refractivity contribution >= 4 is 11.3 Å². The SMILES string of the molecule is COC1(c2nc(C(C)N)cs2)CCCCC1. The molecule has 0 radical (unpaired) electrons. The number of methoxy groups -OCH3 is 1. The summed E-state index contributed by atoms with van der Waals surface area (Å²) in [5, 5.41) is 3.18. The number of nitrogens with zero attached hydrogens (tertiary/aromatic N) is 1. The Balaban J connectivity index is 2.25. The monoisotopic (exact) mass is 240 g/mol. The summed E-state index contributed by atoms with van der Waals surface area (Å²) in [7, 11) is 1.80. The van der Waals surface area contributed by atoms with Crippen LogP contribution in [0.1, 0.15) is 55.8 Å². The lowest BCUT2D eigenvalue weighted by Crippen LogP contribution is -2.31. The van der Waals surface area contributed by atoms with Crippen molar-refractivity contribution in [3.63, 3.8) is 0 Å². The lowest BCUT2D eigenvalue weighted by atomic mass is 9.85. The highest BCUT2D eigenvalue weighted by Crippen LogP contribution is 2.41. The molecule has 1 aliphatic rings. The molecule has 3 nitrogen and oxygen atoms in total. The van der Waals surface area contributed by atoms with E-state index < -0.39 is 0 Å². The lowest BCUT2D eigenvalue weighted by molar-refractivity contribution is -0.0447. The minimum absolute atomic E-state index is 0.0162. The third kappa shape index (κ3) is 2.14. The fourth-order valence-electron chi connectivity index (χ4n) is 2.33. The third-order valence-electron chi connectivity index (χ3n) is 3.43. The number of hydrogen-bond acceptors (Lipinski definition) is 4.